The van der Waals surface area contributed by atoms with Crippen LogP contribution in [0.15, 0.2) is 212 Å². The van der Waals surface area contributed by atoms with Crippen LogP contribution in [-0.4, -0.2) is 4.57 Å². The summed E-state index contributed by atoms with van der Waals surface area (Å²) in [4.78, 5) is 2.39. The highest BCUT2D eigenvalue weighted by Crippen LogP contribution is 2.52. The van der Waals surface area contributed by atoms with E-state index >= 15 is 0 Å². The molecule has 0 atom stereocenters. The van der Waals surface area contributed by atoms with Gasteiger partial charge in [0.15, 0.2) is 0 Å². The van der Waals surface area contributed by atoms with Crippen molar-refractivity contribution in [3.05, 3.63) is 229 Å². The first-order valence-corrected chi connectivity index (χ1v) is 21.4. The summed E-state index contributed by atoms with van der Waals surface area (Å²) in [5, 5.41) is 4.89. The molecule has 0 amide bonds. The average Bonchev–Trinajstić information content (AvgIpc) is 3.78. The molecule has 1 aliphatic rings. The molecule has 0 spiro atoms. The molecule has 0 aliphatic heterocycles. The van der Waals surface area contributed by atoms with Gasteiger partial charge in [-0.15, -0.1) is 0 Å². The zero-order valence-electron chi connectivity index (χ0n) is 34.5. The first kappa shape index (κ1) is 36.1. The number of benzene rings is 10. The van der Waals surface area contributed by atoms with Gasteiger partial charge in [0.25, 0.3) is 0 Å². The second-order valence-corrected chi connectivity index (χ2v) is 17.1. The van der Waals surface area contributed by atoms with Crippen LogP contribution in [0, 0.1) is 5.82 Å². The lowest BCUT2D eigenvalue weighted by atomic mass is 9.81. The van der Waals surface area contributed by atoms with Crippen molar-refractivity contribution in [2.45, 2.75) is 19.3 Å². The molecule has 294 valence electrons. The van der Waals surface area contributed by atoms with E-state index < -0.39 is 0 Å². The van der Waals surface area contributed by atoms with Gasteiger partial charge in [-0.3, -0.25) is 0 Å². The van der Waals surface area contributed by atoms with Gasteiger partial charge in [0.05, 0.1) is 11.0 Å². The minimum Gasteiger partial charge on any atom is -0.310 e. The monoisotopic (exact) mass is 796 g/mol. The largest absolute Gasteiger partial charge is 0.310 e. The van der Waals surface area contributed by atoms with Crippen molar-refractivity contribution < 1.29 is 4.39 Å². The fraction of sp³-hybridized carbons (Fsp3) is 0.0508. The van der Waals surface area contributed by atoms with Crippen molar-refractivity contribution in [3.8, 4) is 50.2 Å². The van der Waals surface area contributed by atoms with Crippen molar-refractivity contribution in [1.82, 2.24) is 4.57 Å². The zero-order valence-corrected chi connectivity index (χ0v) is 34.5. The van der Waals surface area contributed by atoms with Gasteiger partial charge in [-0.1, -0.05) is 147 Å². The summed E-state index contributed by atoms with van der Waals surface area (Å²) in [6.07, 6.45) is 0. The summed E-state index contributed by atoms with van der Waals surface area (Å²) in [5.74, 6) is -0.234. The molecule has 1 aromatic heterocycles. The maximum atomic E-state index is 14.1. The molecule has 0 fully saturated rings. The van der Waals surface area contributed by atoms with Crippen LogP contribution in [0.2, 0.25) is 0 Å². The van der Waals surface area contributed by atoms with E-state index in [0.29, 0.717) is 0 Å². The highest BCUT2D eigenvalue weighted by molar-refractivity contribution is 6.26. The van der Waals surface area contributed by atoms with Gasteiger partial charge in [0.2, 0.25) is 0 Å². The molecular formula is C59H41FN2. The van der Waals surface area contributed by atoms with Crippen molar-refractivity contribution in [1.29, 1.82) is 0 Å². The van der Waals surface area contributed by atoms with E-state index in [-0.39, 0.29) is 11.2 Å². The highest BCUT2D eigenvalue weighted by Gasteiger charge is 2.36. The van der Waals surface area contributed by atoms with E-state index in [4.69, 9.17) is 0 Å². The minimum atomic E-state index is -0.250. The van der Waals surface area contributed by atoms with Gasteiger partial charge in [-0.05, 0) is 145 Å². The molecule has 12 rings (SSSR count). The molecule has 3 heteroatoms. The lowest BCUT2D eigenvalue weighted by Crippen LogP contribution is -2.16. The van der Waals surface area contributed by atoms with Crippen LogP contribution in [0.3, 0.4) is 0 Å². The van der Waals surface area contributed by atoms with Crippen molar-refractivity contribution in [3.63, 3.8) is 0 Å². The predicted octanol–water partition coefficient (Wildman–Crippen LogP) is 16.3. The van der Waals surface area contributed by atoms with E-state index in [9.17, 15) is 4.39 Å². The Kier molecular flexibility index (Phi) is 8.10. The summed E-state index contributed by atoms with van der Waals surface area (Å²) < 4.78 is 16.3. The summed E-state index contributed by atoms with van der Waals surface area (Å²) in [6, 6.07) is 75.4. The van der Waals surface area contributed by atoms with Gasteiger partial charge in [0, 0.05) is 38.9 Å². The molecule has 0 bridgehead atoms. The molecule has 2 nitrogen and oxygen atoms in total. The Morgan fingerprint density at radius 1 is 0.403 bits per heavy atom. The van der Waals surface area contributed by atoms with E-state index in [0.717, 1.165) is 33.8 Å². The van der Waals surface area contributed by atoms with Crippen LogP contribution >= 0.6 is 0 Å². The Morgan fingerprint density at radius 3 is 1.58 bits per heavy atom. The van der Waals surface area contributed by atoms with Crippen molar-refractivity contribution in [2.75, 3.05) is 4.90 Å². The molecule has 0 N–H and O–H groups in total. The number of nitrogens with zero attached hydrogens (tertiary/aromatic N) is 2. The topological polar surface area (TPSA) is 8.17 Å². The number of fused-ring (bicyclic) bond motifs is 3. The first-order valence-electron chi connectivity index (χ1n) is 21.4. The lowest BCUT2D eigenvalue weighted by Gasteiger charge is -2.28. The van der Waals surface area contributed by atoms with Crippen LogP contribution < -0.4 is 4.90 Å². The fourth-order valence-corrected chi connectivity index (χ4v) is 10.2. The Hall–Kier alpha value is -7.75. The summed E-state index contributed by atoms with van der Waals surface area (Å²) >= 11 is 0. The molecule has 1 aliphatic carbocycles. The highest BCUT2D eigenvalue weighted by atomic mass is 19.1. The third kappa shape index (κ3) is 5.62. The predicted molar refractivity (Wildman–Crippen MR) is 258 cm³/mol. The normalized spacial score (nSPS) is 12.9. The number of anilines is 3. The number of hydrogen-bond donors (Lipinski definition) is 0. The molecule has 0 unspecified atom stereocenters. The maximum absolute atomic E-state index is 14.1. The Bertz CT molecular complexity index is 3370. The van der Waals surface area contributed by atoms with E-state index in [2.05, 4.69) is 211 Å². The van der Waals surface area contributed by atoms with Crippen LogP contribution in [0.4, 0.5) is 21.5 Å². The molecule has 0 saturated carbocycles. The SMILES string of the molecule is CC1(C)c2cc(-c3ccc4c5c3ccc3cccc(c35)n4-c3ccc(F)cc3)ccc2-c2ccc(N(c3ccc(-c4ccccc4)cc3)c3ccc(-c4ccccc4)cc3)cc21. The Morgan fingerprint density at radius 2 is 0.935 bits per heavy atom. The molecule has 0 saturated heterocycles. The zero-order chi connectivity index (χ0) is 41.5. The maximum Gasteiger partial charge on any atom is 0.123 e. The van der Waals surface area contributed by atoms with Gasteiger partial charge in [0.1, 0.15) is 5.82 Å². The van der Waals surface area contributed by atoms with Gasteiger partial charge < -0.3 is 9.47 Å². The van der Waals surface area contributed by atoms with Gasteiger partial charge in [-0.2, -0.15) is 0 Å². The van der Waals surface area contributed by atoms with Crippen LogP contribution in [-0.2, 0) is 5.41 Å². The van der Waals surface area contributed by atoms with Crippen LogP contribution in [0.1, 0.15) is 25.0 Å². The molecular weight excluding hydrogens is 756 g/mol. The number of hydrogen-bond acceptors (Lipinski definition) is 1. The van der Waals surface area contributed by atoms with Gasteiger partial charge >= 0.3 is 0 Å². The molecule has 10 aromatic carbocycles. The Labute approximate surface area is 360 Å². The van der Waals surface area contributed by atoms with E-state index in [1.165, 1.54) is 77.2 Å². The van der Waals surface area contributed by atoms with Crippen molar-refractivity contribution >= 4 is 49.6 Å². The number of rotatable bonds is 7. The molecule has 0 radical (unpaired) electrons. The molecule has 1 heterocycles. The van der Waals surface area contributed by atoms with Crippen molar-refractivity contribution in [2.24, 2.45) is 0 Å². The van der Waals surface area contributed by atoms with Crippen LogP contribution in [0.25, 0.3) is 82.8 Å². The number of aromatic nitrogens is 1. The van der Waals surface area contributed by atoms with E-state index in [1.807, 2.05) is 12.1 Å². The van der Waals surface area contributed by atoms with Crippen LogP contribution in [0.5, 0.6) is 0 Å². The Balaban J connectivity index is 0.954. The summed E-state index contributed by atoms with van der Waals surface area (Å²) in [6.45, 7) is 4.74. The average molecular weight is 797 g/mol. The smallest absolute Gasteiger partial charge is 0.123 e. The minimum absolute atomic E-state index is 0.234. The molecule has 11 aromatic rings. The van der Waals surface area contributed by atoms with Gasteiger partial charge in [-0.25, -0.2) is 4.39 Å². The summed E-state index contributed by atoms with van der Waals surface area (Å²) in [7, 11) is 0. The second kappa shape index (κ2) is 13.9. The second-order valence-electron chi connectivity index (χ2n) is 17.1. The first-order chi connectivity index (χ1) is 30.4. The number of halogens is 1. The third-order valence-electron chi connectivity index (χ3n) is 13.2. The molecule has 62 heavy (non-hydrogen) atoms. The fourth-order valence-electron chi connectivity index (χ4n) is 10.2. The summed E-state index contributed by atoms with van der Waals surface area (Å²) in [5.41, 5.74) is 18.7. The lowest BCUT2D eigenvalue weighted by molar-refractivity contribution is 0.627. The third-order valence-corrected chi connectivity index (χ3v) is 13.2. The van der Waals surface area contributed by atoms with E-state index in [1.54, 1.807) is 12.1 Å². The standard InChI is InChI=1S/C59H41FN2/c1-59(2)53-36-43(49-34-35-56-58-52(49)32-20-42-14-9-15-55(57(42)58)62(56)47-28-22-44(60)23-29-47)21-31-50(53)51-33-30-48(37-54(51)59)61(45-24-16-40(17-25-45)38-10-5-3-6-11-38)46-26-18-41(19-27-46)39-12-7-4-8-13-39/h3-37H,1-2H3. The quantitative estimate of drug-likeness (QED) is 0.146.